The molecule has 0 unspecified atom stereocenters. The molecule has 0 radical (unpaired) electrons. The number of amides is 1. The van der Waals surface area contributed by atoms with Crippen molar-refractivity contribution in [1.82, 2.24) is 4.98 Å². The van der Waals surface area contributed by atoms with Crippen molar-refractivity contribution in [2.75, 3.05) is 12.2 Å². The number of carbonyl (C=O) groups excluding carboxylic acids is 3. The maximum Gasteiger partial charge on any atom is 0.284 e. The van der Waals surface area contributed by atoms with E-state index in [9.17, 15) is 14.4 Å². The molecule has 0 N–H and O–H groups in total. The Morgan fingerprint density at radius 1 is 0.810 bits per heavy atom. The van der Waals surface area contributed by atoms with Gasteiger partial charge in [0.1, 0.15) is 24.0 Å². The van der Waals surface area contributed by atoms with Gasteiger partial charge in [0.05, 0.1) is 44.0 Å². The molecule has 4 aromatic carbocycles. The van der Waals surface area contributed by atoms with Crippen molar-refractivity contribution in [2.45, 2.75) is 12.5 Å². The van der Waals surface area contributed by atoms with Gasteiger partial charge in [-0.1, -0.05) is 76.7 Å². The number of anilines is 1. The number of ether oxygens (including phenoxy) is 1. The highest BCUT2D eigenvalue weighted by atomic mass is 35.5. The molecule has 11 heteroatoms. The number of fused-ring (bicyclic) bond motifs is 4. The number of hydrogen-bond acceptors (Lipinski definition) is 6. The number of rotatable bonds is 3. The molecule has 7 rings (SSSR count). The molecular formula is C31H16Cl4N2O5. The van der Waals surface area contributed by atoms with E-state index in [0.717, 1.165) is 15.8 Å². The van der Waals surface area contributed by atoms with Crippen LogP contribution >= 0.6 is 46.4 Å². The number of carbonyl (C=O) groups is 3. The Kier molecular flexibility index (Phi) is 6.42. The molecule has 7 nitrogen and oxygen atoms in total. The predicted octanol–water partition coefficient (Wildman–Crippen LogP) is 8.27. The van der Waals surface area contributed by atoms with E-state index in [4.69, 9.17) is 61.0 Å². The van der Waals surface area contributed by atoms with E-state index in [1.54, 1.807) is 36.4 Å². The minimum absolute atomic E-state index is 0.0184. The molecule has 42 heavy (non-hydrogen) atoms. The first-order chi connectivity index (χ1) is 20.2. The van der Waals surface area contributed by atoms with Gasteiger partial charge in [0, 0.05) is 28.1 Å². The Hall–Kier alpha value is -3.72. The van der Waals surface area contributed by atoms with Gasteiger partial charge < -0.3 is 4.74 Å². The number of hydroxylamine groups is 1. The van der Waals surface area contributed by atoms with Crippen LogP contribution in [0.25, 0.3) is 21.7 Å². The number of ketones is 2. The molecule has 0 atom stereocenters. The maximum atomic E-state index is 13.8. The monoisotopic (exact) mass is 636 g/mol. The van der Waals surface area contributed by atoms with Gasteiger partial charge >= 0.3 is 0 Å². The SMILES string of the molecule is COc1cc(N2OCc3c(Cl)c(Cl)c(Cl)c(Cl)c3C2=O)c2nc(C3C(=O)c4cc5ccccc5cc4C3=O)ccc2c1. The lowest BCUT2D eigenvalue weighted by molar-refractivity contribution is 0.0532. The summed E-state index contributed by atoms with van der Waals surface area (Å²) in [6.45, 7) is -0.141. The van der Waals surface area contributed by atoms with E-state index in [-0.39, 0.29) is 55.2 Å². The largest absolute Gasteiger partial charge is 0.497 e. The normalized spacial score (nSPS) is 15.1. The third kappa shape index (κ3) is 3.92. The number of benzene rings is 4. The summed E-state index contributed by atoms with van der Waals surface area (Å²) < 4.78 is 5.47. The first kappa shape index (κ1) is 27.1. The van der Waals surface area contributed by atoms with Gasteiger partial charge in [0.25, 0.3) is 5.91 Å². The van der Waals surface area contributed by atoms with E-state index in [2.05, 4.69) is 0 Å². The molecule has 1 aromatic heterocycles. The van der Waals surface area contributed by atoms with Crippen molar-refractivity contribution in [1.29, 1.82) is 0 Å². The van der Waals surface area contributed by atoms with E-state index >= 15 is 0 Å². The van der Waals surface area contributed by atoms with Crippen LogP contribution in [0.1, 0.15) is 48.2 Å². The topological polar surface area (TPSA) is 85.8 Å². The van der Waals surface area contributed by atoms with Crippen molar-refractivity contribution in [2.24, 2.45) is 0 Å². The van der Waals surface area contributed by atoms with Gasteiger partial charge in [0.15, 0.2) is 11.6 Å². The molecule has 1 amide bonds. The summed E-state index contributed by atoms with van der Waals surface area (Å²) >= 11 is 25.3. The molecule has 0 saturated carbocycles. The highest BCUT2D eigenvalue weighted by Crippen LogP contribution is 2.45. The summed E-state index contributed by atoms with van der Waals surface area (Å²) in [5.41, 5.74) is 1.80. The molecule has 0 bridgehead atoms. The molecule has 2 aliphatic rings. The molecule has 5 aromatic rings. The minimum Gasteiger partial charge on any atom is -0.497 e. The molecule has 0 fully saturated rings. The van der Waals surface area contributed by atoms with Crippen LogP contribution in [0.3, 0.4) is 0 Å². The number of methoxy groups -OCH3 is 1. The van der Waals surface area contributed by atoms with Crippen LogP contribution in [-0.4, -0.2) is 29.6 Å². The number of nitrogens with zero attached hydrogens (tertiary/aromatic N) is 2. The Morgan fingerprint density at radius 2 is 1.45 bits per heavy atom. The van der Waals surface area contributed by atoms with E-state index in [1.807, 2.05) is 24.3 Å². The number of aromatic nitrogens is 1. The third-order valence-electron chi connectivity index (χ3n) is 7.56. The predicted molar refractivity (Wildman–Crippen MR) is 162 cm³/mol. The molecule has 1 aliphatic heterocycles. The molecule has 208 valence electrons. The summed E-state index contributed by atoms with van der Waals surface area (Å²) in [6, 6.07) is 17.6. The van der Waals surface area contributed by atoms with Crippen LogP contribution in [0, 0.1) is 0 Å². The lowest BCUT2D eigenvalue weighted by atomic mass is 9.98. The average molecular weight is 638 g/mol. The zero-order chi connectivity index (χ0) is 29.4. The second kappa shape index (κ2) is 9.93. The fourth-order valence-corrected chi connectivity index (χ4v) is 6.52. The Labute approximate surface area is 258 Å². The summed E-state index contributed by atoms with van der Waals surface area (Å²) in [5, 5.41) is 3.29. The van der Waals surface area contributed by atoms with E-state index in [1.165, 1.54) is 7.11 Å². The number of halogens is 4. The van der Waals surface area contributed by atoms with E-state index < -0.39 is 11.8 Å². The molecule has 0 spiro atoms. The molecular weight excluding hydrogens is 622 g/mol. The van der Waals surface area contributed by atoms with E-state index in [0.29, 0.717) is 33.3 Å². The Morgan fingerprint density at radius 3 is 2.10 bits per heavy atom. The minimum atomic E-state index is -1.14. The van der Waals surface area contributed by atoms with Crippen molar-refractivity contribution in [3.8, 4) is 5.75 Å². The Balaban J connectivity index is 1.36. The van der Waals surface area contributed by atoms with Crippen LogP contribution in [0.15, 0.2) is 60.7 Å². The second-order valence-electron chi connectivity index (χ2n) is 9.84. The number of pyridine rings is 1. The van der Waals surface area contributed by atoms with Crippen molar-refractivity contribution >= 4 is 91.2 Å². The quantitative estimate of drug-likeness (QED) is 0.112. The van der Waals surface area contributed by atoms with Gasteiger partial charge in [0.2, 0.25) is 0 Å². The number of Topliss-reactive ketones (excluding diaryl/α,β-unsaturated/α-hetero) is 2. The zero-order valence-electron chi connectivity index (χ0n) is 21.5. The van der Waals surface area contributed by atoms with Gasteiger partial charge in [-0.05, 0) is 35.0 Å². The van der Waals surface area contributed by atoms with Crippen LogP contribution in [0.4, 0.5) is 5.69 Å². The fourth-order valence-electron chi connectivity index (χ4n) is 5.49. The summed E-state index contributed by atoms with van der Waals surface area (Å²) in [4.78, 5) is 51.5. The average Bonchev–Trinajstić information content (AvgIpc) is 3.25. The standard InChI is InChI=1S/C31H16Cl4N2O5/c1-41-16-8-15-6-7-20(23-29(38)17-9-13-4-2-3-5-14(13)10-18(17)30(23)39)36-28(15)21(11-16)37-31(40)22-19(12-42-37)24(32)26(34)27(35)25(22)33/h2-11,23H,12H2,1H3. The molecule has 2 heterocycles. The van der Waals surface area contributed by atoms with Gasteiger partial charge in [-0.15, -0.1) is 0 Å². The summed E-state index contributed by atoms with van der Waals surface area (Å²) in [7, 11) is 1.48. The highest BCUT2D eigenvalue weighted by Gasteiger charge is 2.41. The first-order valence-electron chi connectivity index (χ1n) is 12.6. The van der Waals surface area contributed by atoms with Crippen molar-refractivity contribution in [3.05, 3.63) is 109 Å². The van der Waals surface area contributed by atoms with Crippen molar-refractivity contribution < 1.29 is 24.0 Å². The molecule has 1 aliphatic carbocycles. The lowest BCUT2D eigenvalue weighted by Crippen LogP contribution is -2.36. The van der Waals surface area contributed by atoms with Crippen LogP contribution < -0.4 is 9.80 Å². The smallest absolute Gasteiger partial charge is 0.284 e. The fraction of sp³-hybridized carbons (Fsp3) is 0.0968. The molecule has 0 saturated heterocycles. The zero-order valence-corrected chi connectivity index (χ0v) is 24.5. The van der Waals surface area contributed by atoms with Crippen LogP contribution in [-0.2, 0) is 11.4 Å². The summed E-state index contributed by atoms with van der Waals surface area (Å²) in [6.07, 6.45) is 0. The van der Waals surface area contributed by atoms with Crippen LogP contribution in [0.5, 0.6) is 5.75 Å². The van der Waals surface area contributed by atoms with Gasteiger partial charge in [-0.2, -0.15) is 5.06 Å². The van der Waals surface area contributed by atoms with Gasteiger partial charge in [-0.25, -0.2) is 4.98 Å². The van der Waals surface area contributed by atoms with Crippen LogP contribution in [0.2, 0.25) is 20.1 Å². The highest BCUT2D eigenvalue weighted by molar-refractivity contribution is 6.53. The third-order valence-corrected chi connectivity index (χ3v) is 9.40. The maximum absolute atomic E-state index is 13.8. The van der Waals surface area contributed by atoms with Crippen molar-refractivity contribution in [3.63, 3.8) is 0 Å². The van der Waals surface area contributed by atoms with Gasteiger partial charge in [-0.3, -0.25) is 19.2 Å². The summed E-state index contributed by atoms with van der Waals surface area (Å²) in [5.74, 6) is -2.05. The Bertz CT molecular complexity index is 2010. The first-order valence-corrected chi connectivity index (χ1v) is 14.1. The lowest BCUT2D eigenvalue weighted by Gasteiger charge is -2.30. The second-order valence-corrected chi connectivity index (χ2v) is 11.4. The number of hydrogen-bond donors (Lipinski definition) is 0.